The van der Waals surface area contributed by atoms with Gasteiger partial charge in [0.2, 0.25) is 5.91 Å². The molecule has 1 fully saturated rings. The highest BCUT2D eigenvalue weighted by molar-refractivity contribution is 6.02. The summed E-state index contributed by atoms with van der Waals surface area (Å²) in [4.78, 5) is 13.3. The Morgan fingerprint density at radius 1 is 1.08 bits per heavy atom. The highest BCUT2D eigenvalue weighted by Crippen LogP contribution is 2.50. The smallest absolute Gasteiger partial charge is 0.235 e. The molecule has 1 heterocycles. The minimum absolute atomic E-state index is 0.0481. The second-order valence-corrected chi connectivity index (χ2v) is 10.8. The summed E-state index contributed by atoms with van der Waals surface area (Å²) in [5.41, 5.74) is 4.01. The van der Waals surface area contributed by atoms with Crippen molar-refractivity contribution in [3.8, 4) is 11.5 Å². The number of rotatable bonds is 10. The largest absolute Gasteiger partial charge is 0.504 e. The Bertz CT molecular complexity index is 1280. The van der Waals surface area contributed by atoms with E-state index in [-0.39, 0.29) is 29.4 Å². The van der Waals surface area contributed by atoms with Crippen molar-refractivity contribution in [2.45, 2.75) is 63.8 Å². The second-order valence-electron chi connectivity index (χ2n) is 10.8. The predicted octanol–water partition coefficient (Wildman–Crippen LogP) is 4.90. The number of allylic oxidation sites excluding steroid dienone is 1. The molecule has 2 aromatic carbocycles. The molecule has 0 radical (unpaired) electrons. The summed E-state index contributed by atoms with van der Waals surface area (Å²) in [6.07, 6.45) is 3.15. The van der Waals surface area contributed by atoms with Gasteiger partial charge < -0.3 is 30.5 Å². The first-order valence-corrected chi connectivity index (χ1v) is 12.6. The number of aliphatic hydroxyl groups excluding tert-OH is 1. The monoisotopic (exact) mass is 491 g/mol. The van der Waals surface area contributed by atoms with Crippen molar-refractivity contribution in [3.05, 3.63) is 66.0 Å². The molecular weight excluding hydrogens is 454 g/mol. The molecule has 1 aromatic heterocycles. The molecule has 4 rings (SSSR count). The van der Waals surface area contributed by atoms with Crippen molar-refractivity contribution in [2.75, 3.05) is 18.5 Å². The Kier molecular flexibility index (Phi) is 7.05. The van der Waals surface area contributed by atoms with E-state index in [1.807, 2.05) is 12.1 Å². The van der Waals surface area contributed by atoms with Crippen LogP contribution in [0.2, 0.25) is 0 Å². The van der Waals surface area contributed by atoms with E-state index >= 15 is 0 Å². The van der Waals surface area contributed by atoms with E-state index < -0.39 is 5.41 Å². The molecule has 0 saturated heterocycles. The van der Waals surface area contributed by atoms with Crippen LogP contribution in [0.5, 0.6) is 11.5 Å². The first-order valence-electron chi connectivity index (χ1n) is 12.6. The Morgan fingerprint density at radius 2 is 1.83 bits per heavy atom. The Hall–Kier alpha value is -3.45. The molecule has 7 nitrogen and oxygen atoms in total. The minimum Gasteiger partial charge on any atom is -0.504 e. The highest BCUT2D eigenvalue weighted by Gasteiger charge is 2.51. The molecule has 1 amide bonds. The zero-order valence-electron chi connectivity index (χ0n) is 21.4. The number of phenols is 2. The molecule has 0 spiro atoms. The summed E-state index contributed by atoms with van der Waals surface area (Å²) in [6.45, 7) is 12.1. The molecule has 1 saturated carbocycles. The van der Waals surface area contributed by atoms with E-state index in [1.54, 1.807) is 6.07 Å². The average Bonchev–Trinajstić information content (AvgIpc) is 3.55. The molecular formula is C29H37N3O4. The summed E-state index contributed by atoms with van der Waals surface area (Å²) in [7, 11) is 0. The lowest BCUT2D eigenvalue weighted by Gasteiger charge is -2.22. The van der Waals surface area contributed by atoms with E-state index in [9.17, 15) is 15.0 Å². The van der Waals surface area contributed by atoms with Crippen LogP contribution in [-0.4, -0.2) is 38.9 Å². The van der Waals surface area contributed by atoms with Gasteiger partial charge in [-0.2, -0.15) is 0 Å². The number of carbonyl (C=O) groups excluding carboxylic acids is 1. The summed E-state index contributed by atoms with van der Waals surface area (Å²) >= 11 is 0. The van der Waals surface area contributed by atoms with Crippen LogP contribution in [-0.2, 0) is 22.2 Å². The number of carbonyl (C=O) groups is 1. The van der Waals surface area contributed by atoms with Crippen LogP contribution in [0.3, 0.4) is 0 Å². The van der Waals surface area contributed by atoms with Crippen LogP contribution in [0, 0.1) is 0 Å². The van der Waals surface area contributed by atoms with Gasteiger partial charge in [0.25, 0.3) is 0 Å². The maximum atomic E-state index is 13.3. The van der Waals surface area contributed by atoms with Gasteiger partial charge in [-0.3, -0.25) is 4.79 Å². The Balaban J connectivity index is 1.54. The second kappa shape index (κ2) is 9.90. The maximum absolute atomic E-state index is 13.3. The van der Waals surface area contributed by atoms with Gasteiger partial charge in [0.05, 0.1) is 12.0 Å². The minimum atomic E-state index is -0.672. The molecule has 0 unspecified atom stereocenters. The van der Waals surface area contributed by atoms with E-state index in [0.717, 1.165) is 41.7 Å². The SMILES string of the molecule is C=C(CCCn1c(C(C)(C)C)cc2cc(NC(=O)C3(c4ccc(O)c(O)c4)CC3)ccc21)NCCO. The van der Waals surface area contributed by atoms with Gasteiger partial charge in [-0.1, -0.05) is 33.4 Å². The molecule has 0 bridgehead atoms. The molecule has 1 aliphatic rings. The molecule has 0 atom stereocenters. The number of phenolic OH excluding ortho intramolecular Hbond substituents is 2. The zero-order chi connectivity index (χ0) is 26.1. The number of amides is 1. The van der Waals surface area contributed by atoms with Gasteiger partial charge in [-0.05, 0) is 67.6 Å². The Morgan fingerprint density at radius 3 is 2.47 bits per heavy atom. The molecule has 1 aliphatic carbocycles. The van der Waals surface area contributed by atoms with Crippen LogP contribution in [0.4, 0.5) is 5.69 Å². The van der Waals surface area contributed by atoms with E-state index in [2.05, 4.69) is 54.7 Å². The maximum Gasteiger partial charge on any atom is 0.235 e. The van der Waals surface area contributed by atoms with Gasteiger partial charge in [-0.15, -0.1) is 0 Å². The molecule has 7 heteroatoms. The molecule has 36 heavy (non-hydrogen) atoms. The lowest BCUT2D eigenvalue weighted by atomic mass is 9.92. The van der Waals surface area contributed by atoms with Gasteiger partial charge in [0, 0.05) is 46.5 Å². The van der Waals surface area contributed by atoms with Gasteiger partial charge >= 0.3 is 0 Å². The van der Waals surface area contributed by atoms with Crippen molar-refractivity contribution < 1.29 is 20.1 Å². The third-order valence-corrected chi connectivity index (χ3v) is 6.99. The number of aliphatic hydroxyl groups is 1. The van der Waals surface area contributed by atoms with Crippen molar-refractivity contribution in [2.24, 2.45) is 0 Å². The standard InChI is InChI=1S/C29H37N3O4/c1-19(30-13-15-33)6-5-14-32-23-9-8-22(16-20(23)17-26(32)28(2,3)4)31-27(36)29(11-12-29)21-7-10-24(34)25(35)18-21/h7-10,16-18,30,33-35H,1,5-6,11-15H2,2-4H3,(H,31,36). The predicted molar refractivity (Wildman–Crippen MR) is 143 cm³/mol. The molecule has 5 N–H and O–H groups in total. The number of aromatic hydroxyl groups is 2. The number of benzene rings is 2. The van der Waals surface area contributed by atoms with Gasteiger partial charge in [0.1, 0.15) is 0 Å². The number of nitrogens with one attached hydrogen (secondary N) is 2. The van der Waals surface area contributed by atoms with Crippen molar-refractivity contribution in [3.63, 3.8) is 0 Å². The number of aromatic nitrogens is 1. The number of nitrogens with zero attached hydrogens (tertiary/aromatic N) is 1. The first kappa shape index (κ1) is 25.6. The van der Waals surface area contributed by atoms with Crippen LogP contribution >= 0.6 is 0 Å². The zero-order valence-corrected chi connectivity index (χ0v) is 21.4. The fourth-order valence-electron chi connectivity index (χ4n) is 4.83. The lowest BCUT2D eigenvalue weighted by molar-refractivity contribution is -0.118. The summed E-state index contributed by atoms with van der Waals surface area (Å²) < 4.78 is 2.35. The summed E-state index contributed by atoms with van der Waals surface area (Å²) in [5.74, 6) is -0.501. The number of hydrogen-bond donors (Lipinski definition) is 5. The summed E-state index contributed by atoms with van der Waals surface area (Å²) in [5, 5.41) is 35.8. The number of fused-ring (bicyclic) bond motifs is 1. The third-order valence-electron chi connectivity index (χ3n) is 6.99. The van der Waals surface area contributed by atoms with E-state index in [0.29, 0.717) is 24.9 Å². The van der Waals surface area contributed by atoms with Crippen LogP contribution in [0.15, 0.2) is 54.7 Å². The molecule has 3 aromatic rings. The van der Waals surface area contributed by atoms with Crippen LogP contribution in [0.1, 0.15) is 57.7 Å². The fourth-order valence-corrected chi connectivity index (χ4v) is 4.83. The number of anilines is 1. The first-order chi connectivity index (χ1) is 17.0. The number of aryl methyl sites for hydroxylation is 1. The Labute approximate surface area is 212 Å². The third kappa shape index (κ3) is 5.21. The molecule has 0 aliphatic heterocycles. The summed E-state index contributed by atoms with van der Waals surface area (Å²) in [6, 6.07) is 12.8. The van der Waals surface area contributed by atoms with Crippen LogP contribution < -0.4 is 10.6 Å². The van der Waals surface area contributed by atoms with Crippen molar-refractivity contribution >= 4 is 22.5 Å². The average molecular weight is 492 g/mol. The van der Waals surface area contributed by atoms with Gasteiger partial charge in [-0.25, -0.2) is 0 Å². The van der Waals surface area contributed by atoms with Crippen molar-refractivity contribution in [1.82, 2.24) is 9.88 Å². The van der Waals surface area contributed by atoms with Gasteiger partial charge in [0.15, 0.2) is 11.5 Å². The quantitative estimate of drug-likeness (QED) is 0.260. The normalized spacial score (nSPS) is 14.6. The highest BCUT2D eigenvalue weighted by atomic mass is 16.3. The van der Waals surface area contributed by atoms with Crippen molar-refractivity contribution in [1.29, 1.82) is 0 Å². The number of hydrogen-bond acceptors (Lipinski definition) is 5. The van der Waals surface area contributed by atoms with Crippen LogP contribution in [0.25, 0.3) is 10.9 Å². The lowest BCUT2D eigenvalue weighted by Crippen LogP contribution is -2.27. The van der Waals surface area contributed by atoms with E-state index in [4.69, 9.17) is 5.11 Å². The van der Waals surface area contributed by atoms with E-state index in [1.165, 1.54) is 17.8 Å². The topological polar surface area (TPSA) is 107 Å². The molecule has 192 valence electrons. The fraction of sp³-hybridized carbons (Fsp3) is 0.414.